The van der Waals surface area contributed by atoms with E-state index >= 15 is 0 Å². The van der Waals surface area contributed by atoms with Gasteiger partial charge in [-0.25, -0.2) is 10.3 Å². The quantitative estimate of drug-likeness (QED) is 0.633. The van der Waals surface area contributed by atoms with E-state index < -0.39 is 12.2 Å². The Morgan fingerprint density at radius 3 is 2.19 bits per heavy atom. The molecular weight excluding hydrogens is 330 g/mol. The van der Waals surface area contributed by atoms with Gasteiger partial charge in [0.05, 0.1) is 6.61 Å². The Bertz CT molecular complexity index is 648. The van der Waals surface area contributed by atoms with Gasteiger partial charge < -0.3 is 9.47 Å². The highest BCUT2D eigenvalue weighted by Gasteiger charge is 2.43. The minimum atomic E-state index is -0.842. The number of amides is 1. The largest absolute Gasteiger partial charge is 0.442 e. The first kappa shape index (κ1) is 18.4. The molecule has 3 rings (SSSR count). The molecule has 2 aromatic rings. The predicted molar refractivity (Wildman–Crippen MR) is 98.0 cm³/mol. The molecule has 138 valence electrons. The van der Waals surface area contributed by atoms with E-state index in [2.05, 4.69) is 24.3 Å². The van der Waals surface area contributed by atoms with Gasteiger partial charge in [-0.3, -0.25) is 5.21 Å². The van der Waals surface area contributed by atoms with Gasteiger partial charge in [-0.15, -0.1) is 0 Å². The predicted octanol–water partition coefficient (Wildman–Crippen LogP) is 3.75. The number of carbonyl (C=O) groups is 1. The van der Waals surface area contributed by atoms with Crippen LogP contribution in [0.15, 0.2) is 60.7 Å². The number of carbonyl (C=O) groups excluding carboxylic acids is 1. The highest BCUT2D eigenvalue weighted by Crippen LogP contribution is 2.40. The van der Waals surface area contributed by atoms with E-state index in [4.69, 9.17) is 14.7 Å². The lowest BCUT2D eigenvalue weighted by Gasteiger charge is -2.39. The summed E-state index contributed by atoms with van der Waals surface area (Å²) in [4.78, 5) is 11.7. The molecule has 0 radical (unpaired) electrons. The summed E-state index contributed by atoms with van der Waals surface area (Å²) in [5.74, 6) is 0. The molecule has 0 bridgehead atoms. The lowest BCUT2D eigenvalue weighted by molar-refractivity contribution is -0.0436. The van der Waals surface area contributed by atoms with E-state index in [1.807, 2.05) is 36.4 Å². The maximum Gasteiger partial charge on any atom is 0.431 e. The Morgan fingerprint density at radius 2 is 1.65 bits per heavy atom. The zero-order valence-corrected chi connectivity index (χ0v) is 14.8. The molecule has 1 aliphatic rings. The summed E-state index contributed by atoms with van der Waals surface area (Å²) in [6.07, 6.45) is 2.04. The van der Waals surface area contributed by atoms with Gasteiger partial charge in [-0.05, 0) is 36.8 Å². The van der Waals surface area contributed by atoms with Crippen molar-refractivity contribution >= 4 is 6.09 Å². The second-order valence-electron chi connectivity index (χ2n) is 6.87. The molecule has 0 spiro atoms. The molecule has 5 heteroatoms. The van der Waals surface area contributed by atoms with Crippen molar-refractivity contribution in [2.75, 3.05) is 13.2 Å². The third-order valence-corrected chi connectivity index (χ3v) is 5.05. The third-order valence-electron chi connectivity index (χ3n) is 5.05. The first-order valence-corrected chi connectivity index (χ1v) is 8.98. The molecule has 1 heterocycles. The zero-order chi connectivity index (χ0) is 18.2. The zero-order valence-electron chi connectivity index (χ0n) is 14.8. The van der Waals surface area contributed by atoms with Crippen molar-refractivity contribution in [3.63, 3.8) is 0 Å². The molecule has 2 aromatic carbocycles. The minimum Gasteiger partial charge on any atom is -0.442 e. The summed E-state index contributed by atoms with van der Waals surface area (Å²) in [6.45, 7) is 0.971. The molecule has 1 aliphatic heterocycles. The highest BCUT2D eigenvalue weighted by atomic mass is 16.6. The first-order chi connectivity index (χ1) is 12.7. The van der Waals surface area contributed by atoms with Crippen LogP contribution in [-0.4, -0.2) is 30.6 Å². The molecular formula is C21H25NO4. The van der Waals surface area contributed by atoms with E-state index in [0.29, 0.717) is 13.2 Å². The Hall–Kier alpha value is -2.37. The average molecular weight is 355 g/mol. The lowest BCUT2D eigenvalue weighted by atomic mass is 9.69. The first-order valence-electron chi connectivity index (χ1n) is 8.98. The van der Waals surface area contributed by atoms with Gasteiger partial charge in [0.2, 0.25) is 0 Å². The van der Waals surface area contributed by atoms with Crippen LogP contribution in [0.3, 0.4) is 0 Å². The summed E-state index contributed by atoms with van der Waals surface area (Å²) in [6, 6.07) is 20.5. The van der Waals surface area contributed by atoms with Crippen molar-refractivity contribution in [1.82, 2.24) is 5.48 Å². The SMILES string of the molecule is O=C(NO)OC1COCCCC1(Cc1ccccc1)Cc1ccccc1. The topological polar surface area (TPSA) is 67.8 Å². The van der Waals surface area contributed by atoms with Crippen molar-refractivity contribution in [3.05, 3.63) is 71.8 Å². The number of benzene rings is 2. The Morgan fingerprint density at radius 1 is 1.08 bits per heavy atom. The maximum atomic E-state index is 11.7. The third kappa shape index (κ3) is 4.62. The minimum absolute atomic E-state index is 0.300. The van der Waals surface area contributed by atoms with E-state index in [1.165, 1.54) is 11.1 Å². The summed E-state index contributed by atoms with van der Waals surface area (Å²) < 4.78 is 11.3. The molecule has 0 aliphatic carbocycles. The number of ether oxygens (including phenoxy) is 2. The number of hydrogen-bond donors (Lipinski definition) is 2. The van der Waals surface area contributed by atoms with Gasteiger partial charge in [0, 0.05) is 12.0 Å². The molecule has 0 saturated carbocycles. The van der Waals surface area contributed by atoms with Gasteiger partial charge in [-0.1, -0.05) is 60.7 Å². The van der Waals surface area contributed by atoms with Crippen molar-refractivity contribution < 1.29 is 19.5 Å². The number of nitrogens with one attached hydrogen (secondary N) is 1. The summed E-state index contributed by atoms with van der Waals surface area (Å²) >= 11 is 0. The smallest absolute Gasteiger partial charge is 0.431 e. The lowest BCUT2D eigenvalue weighted by Crippen LogP contribution is -2.45. The van der Waals surface area contributed by atoms with Gasteiger partial charge in [-0.2, -0.15) is 0 Å². The molecule has 1 saturated heterocycles. The number of hydrogen-bond acceptors (Lipinski definition) is 4. The molecule has 26 heavy (non-hydrogen) atoms. The molecule has 1 amide bonds. The fourth-order valence-corrected chi connectivity index (χ4v) is 3.84. The Balaban J connectivity index is 1.95. The standard InChI is InChI=1S/C21H25NO4/c23-20(22-24)26-19-16-25-13-7-12-21(19,14-17-8-3-1-4-9-17)15-18-10-5-2-6-11-18/h1-6,8-11,19,24H,7,12-16H2,(H,22,23). The van der Waals surface area contributed by atoms with Crippen LogP contribution < -0.4 is 5.48 Å². The van der Waals surface area contributed by atoms with Crippen LogP contribution in [0.2, 0.25) is 0 Å². The van der Waals surface area contributed by atoms with Crippen LogP contribution in [0.25, 0.3) is 0 Å². The van der Waals surface area contributed by atoms with Crippen molar-refractivity contribution in [2.24, 2.45) is 5.41 Å². The summed E-state index contributed by atoms with van der Waals surface area (Å²) in [5, 5.41) is 8.92. The highest BCUT2D eigenvalue weighted by molar-refractivity contribution is 5.65. The molecule has 1 atom stereocenters. The second-order valence-corrected chi connectivity index (χ2v) is 6.87. The van der Waals surface area contributed by atoms with E-state index in [1.54, 1.807) is 5.48 Å². The maximum absolute atomic E-state index is 11.7. The monoisotopic (exact) mass is 355 g/mol. The van der Waals surface area contributed by atoms with Crippen LogP contribution >= 0.6 is 0 Å². The van der Waals surface area contributed by atoms with Gasteiger partial charge >= 0.3 is 6.09 Å². The van der Waals surface area contributed by atoms with Crippen molar-refractivity contribution in [3.8, 4) is 0 Å². The fraction of sp³-hybridized carbons (Fsp3) is 0.381. The number of rotatable bonds is 5. The molecule has 2 N–H and O–H groups in total. The van der Waals surface area contributed by atoms with Crippen molar-refractivity contribution in [1.29, 1.82) is 0 Å². The van der Waals surface area contributed by atoms with Crippen LogP contribution in [0, 0.1) is 5.41 Å². The van der Waals surface area contributed by atoms with Gasteiger partial charge in [0.25, 0.3) is 0 Å². The Labute approximate surface area is 153 Å². The van der Waals surface area contributed by atoms with Crippen LogP contribution in [0.4, 0.5) is 4.79 Å². The number of hydroxylamine groups is 1. The van der Waals surface area contributed by atoms with Crippen LogP contribution in [0.1, 0.15) is 24.0 Å². The van der Waals surface area contributed by atoms with Gasteiger partial charge in [0.1, 0.15) is 6.10 Å². The summed E-state index contributed by atoms with van der Waals surface area (Å²) in [7, 11) is 0. The van der Waals surface area contributed by atoms with E-state index in [0.717, 1.165) is 25.7 Å². The molecule has 1 unspecified atom stereocenters. The van der Waals surface area contributed by atoms with Crippen molar-refractivity contribution in [2.45, 2.75) is 31.8 Å². The normalized spacial score (nSPS) is 19.3. The van der Waals surface area contributed by atoms with Crippen LogP contribution in [-0.2, 0) is 22.3 Å². The van der Waals surface area contributed by atoms with Gasteiger partial charge in [0.15, 0.2) is 0 Å². The van der Waals surface area contributed by atoms with E-state index in [-0.39, 0.29) is 5.41 Å². The average Bonchev–Trinajstić information content (AvgIpc) is 2.86. The van der Waals surface area contributed by atoms with E-state index in [9.17, 15) is 4.79 Å². The summed E-state index contributed by atoms with van der Waals surface area (Å²) in [5.41, 5.74) is 3.68. The van der Waals surface area contributed by atoms with Crippen LogP contribution in [0.5, 0.6) is 0 Å². The second kappa shape index (κ2) is 8.83. The molecule has 0 aromatic heterocycles. The molecule has 1 fully saturated rings. The Kier molecular flexibility index (Phi) is 6.26. The fourth-order valence-electron chi connectivity index (χ4n) is 3.84. The molecule has 5 nitrogen and oxygen atoms in total.